The van der Waals surface area contributed by atoms with E-state index in [4.69, 9.17) is 0 Å². The van der Waals surface area contributed by atoms with Crippen LogP contribution < -0.4 is 10.6 Å². The number of guanidine groups is 1. The van der Waals surface area contributed by atoms with E-state index in [1.54, 1.807) is 0 Å². The van der Waals surface area contributed by atoms with Gasteiger partial charge in [-0.15, -0.1) is 0 Å². The molecular weight excluding hydrogens is 200 g/mol. The van der Waals surface area contributed by atoms with Crippen LogP contribution in [0.5, 0.6) is 0 Å². The Morgan fingerprint density at radius 3 is 2.38 bits per heavy atom. The highest BCUT2D eigenvalue weighted by molar-refractivity contribution is 5.79. The monoisotopic (exact) mass is 226 g/mol. The first-order valence-electron chi connectivity index (χ1n) is 6.18. The number of likely N-dealkylation sites (N-methyl/N-ethyl adjacent to an activating group) is 1. The predicted molar refractivity (Wildman–Crippen MR) is 69.8 cm³/mol. The Balaban J connectivity index is 2.35. The minimum Gasteiger partial charge on any atom is -0.355 e. The average molecular weight is 226 g/mol. The third kappa shape index (κ3) is 4.39. The maximum Gasteiger partial charge on any atom is 0.191 e. The van der Waals surface area contributed by atoms with Crippen LogP contribution in [0, 0.1) is 5.92 Å². The van der Waals surface area contributed by atoms with Gasteiger partial charge in [0, 0.05) is 25.7 Å². The van der Waals surface area contributed by atoms with Crippen LogP contribution in [0.4, 0.5) is 0 Å². The number of nitrogens with one attached hydrogen (secondary N) is 2. The highest BCUT2D eigenvalue weighted by atomic mass is 15.2. The molecule has 0 bridgehead atoms. The lowest BCUT2D eigenvalue weighted by atomic mass is 10.1. The molecule has 16 heavy (non-hydrogen) atoms. The molecule has 94 valence electrons. The second kappa shape index (κ2) is 6.09. The first kappa shape index (κ1) is 13.3. The Bertz CT molecular complexity index is 229. The number of hydrogen-bond donors (Lipinski definition) is 2. The molecule has 1 rings (SSSR count). The van der Waals surface area contributed by atoms with Crippen molar-refractivity contribution in [3.05, 3.63) is 0 Å². The molecule has 1 aliphatic rings. The van der Waals surface area contributed by atoms with Gasteiger partial charge in [0.15, 0.2) is 5.96 Å². The second-order valence-electron chi connectivity index (χ2n) is 5.12. The molecule has 1 saturated carbocycles. The summed E-state index contributed by atoms with van der Waals surface area (Å²) < 4.78 is 0. The van der Waals surface area contributed by atoms with E-state index >= 15 is 0 Å². The van der Waals surface area contributed by atoms with Gasteiger partial charge in [-0.25, -0.2) is 0 Å². The molecule has 0 amide bonds. The van der Waals surface area contributed by atoms with Crippen LogP contribution in [0.25, 0.3) is 0 Å². The molecule has 0 heterocycles. The quantitative estimate of drug-likeness (QED) is 0.540. The molecule has 0 radical (unpaired) electrons. The Morgan fingerprint density at radius 1 is 1.38 bits per heavy atom. The molecule has 0 aromatic carbocycles. The summed E-state index contributed by atoms with van der Waals surface area (Å²) in [4.78, 5) is 6.53. The van der Waals surface area contributed by atoms with Crippen LogP contribution in [0.3, 0.4) is 0 Å². The fourth-order valence-corrected chi connectivity index (χ4v) is 1.92. The summed E-state index contributed by atoms with van der Waals surface area (Å²) in [6.45, 7) is 5.22. The van der Waals surface area contributed by atoms with Gasteiger partial charge in [-0.2, -0.15) is 0 Å². The fourth-order valence-electron chi connectivity index (χ4n) is 1.92. The SMILES string of the molecule is CN=C(NCC(C1CC1)N(C)C)NC(C)C. The average Bonchev–Trinajstić information content (AvgIpc) is 2.99. The van der Waals surface area contributed by atoms with E-state index < -0.39 is 0 Å². The second-order valence-corrected chi connectivity index (χ2v) is 5.12. The van der Waals surface area contributed by atoms with Crippen molar-refractivity contribution in [2.45, 2.75) is 38.8 Å². The fraction of sp³-hybridized carbons (Fsp3) is 0.917. The number of hydrogen-bond acceptors (Lipinski definition) is 2. The molecule has 1 unspecified atom stereocenters. The maximum atomic E-state index is 4.22. The normalized spacial score (nSPS) is 19.1. The van der Waals surface area contributed by atoms with Gasteiger partial charge in [0.05, 0.1) is 0 Å². The largest absolute Gasteiger partial charge is 0.355 e. The standard InChI is InChI=1S/C12H26N4/c1-9(2)15-12(13-3)14-8-11(16(4)5)10-6-7-10/h9-11H,6-8H2,1-5H3,(H2,13,14,15). The van der Waals surface area contributed by atoms with Crippen LogP contribution in [0.15, 0.2) is 4.99 Å². The summed E-state index contributed by atoms with van der Waals surface area (Å²) in [5.41, 5.74) is 0. The van der Waals surface area contributed by atoms with Crippen molar-refractivity contribution in [2.75, 3.05) is 27.7 Å². The van der Waals surface area contributed by atoms with E-state index in [0.717, 1.165) is 18.4 Å². The summed E-state index contributed by atoms with van der Waals surface area (Å²) >= 11 is 0. The molecular formula is C12H26N4. The molecule has 1 fully saturated rings. The zero-order valence-electron chi connectivity index (χ0n) is 11.2. The molecule has 1 atom stereocenters. The first-order chi connectivity index (χ1) is 7.54. The molecule has 1 aliphatic carbocycles. The van der Waals surface area contributed by atoms with Crippen LogP contribution in [0.2, 0.25) is 0 Å². The molecule has 0 saturated heterocycles. The van der Waals surface area contributed by atoms with Gasteiger partial charge in [-0.1, -0.05) is 0 Å². The van der Waals surface area contributed by atoms with Crippen molar-refractivity contribution in [3.63, 3.8) is 0 Å². The zero-order chi connectivity index (χ0) is 12.1. The van der Waals surface area contributed by atoms with E-state index in [1.807, 2.05) is 7.05 Å². The van der Waals surface area contributed by atoms with Gasteiger partial charge in [0.25, 0.3) is 0 Å². The van der Waals surface area contributed by atoms with Crippen molar-refractivity contribution in [1.29, 1.82) is 0 Å². The van der Waals surface area contributed by atoms with Crippen LogP contribution in [0.1, 0.15) is 26.7 Å². The van der Waals surface area contributed by atoms with E-state index in [9.17, 15) is 0 Å². The third-order valence-electron chi connectivity index (χ3n) is 2.96. The predicted octanol–water partition coefficient (Wildman–Crippen LogP) is 0.900. The van der Waals surface area contributed by atoms with Gasteiger partial charge in [-0.05, 0) is 46.7 Å². The number of nitrogens with zero attached hydrogens (tertiary/aromatic N) is 2. The van der Waals surface area contributed by atoms with Crippen molar-refractivity contribution in [1.82, 2.24) is 15.5 Å². The van der Waals surface area contributed by atoms with E-state index in [1.165, 1.54) is 12.8 Å². The van der Waals surface area contributed by atoms with Crippen molar-refractivity contribution >= 4 is 5.96 Å². The Hall–Kier alpha value is -0.770. The minimum absolute atomic E-state index is 0.421. The highest BCUT2D eigenvalue weighted by Crippen LogP contribution is 2.34. The molecule has 4 heteroatoms. The molecule has 0 aliphatic heterocycles. The summed E-state index contributed by atoms with van der Waals surface area (Å²) in [7, 11) is 6.13. The van der Waals surface area contributed by atoms with Gasteiger partial charge >= 0.3 is 0 Å². The number of rotatable bonds is 5. The van der Waals surface area contributed by atoms with Gasteiger partial charge < -0.3 is 15.5 Å². The van der Waals surface area contributed by atoms with Gasteiger partial charge in [0.1, 0.15) is 0 Å². The maximum absolute atomic E-state index is 4.22. The van der Waals surface area contributed by atoms with E-state index in [2.05, 4.69) is 48.5 Å². The van der Waals surface area contributed by atoms with Crippen LogP contribution in [-0.4, -0.2) is 50.6 Å². The van der Waals surface area contributed by atoms with Crippen LogP contribution in [-0.2, 0) is 0 Å². The van der Waals surface area contributed by atoms with Crippen molar-refractivity contribution in [3.8, 4) is 0 Å². The smallest absolute Gasteiger partial charge is 0.191 e. The van der Waals surface area contributed by atoms with Gasteiger partial charge in [-0.3, -0.25) is 4.99 Å². The highest BCUT2D eigenvalue weighted by Gasteiger charge is 2.32. The molecule has 4 nitrogen and oxygen atoms in total. The Labute approximate surface area is 99.5 Å². The van der Waals surface area contributed by atoms with Crippen LogP contribution >= 0.6 is 0 Å². The molecule has 0 aromatic heterocycles. The first-order valence-corrected chi connectivity index (χ1v) is 6.18. The lowest BCUT2D eigenvalue weighted by Crippen LogP contribution is -2.47. The lowest BCUT2D eigenvalue weighted by molar-refractivity contribution is 0.264. The molecule has 0 aromatic rings. The zero-order valence-corrected chi connectivity index (χ0v) is 11.2. The van der Waals surface area contributed by atoms with E-state index in [-0.39, 0.29) is 0 Å². The summed E-state index contributed by atoms with van der Waals surface area (Å²) in [5.74, 6) is 1.78. The number of aliphatic imine (C=N–C) groups is 1. The third-order valence-corrected chi connectivity index (χ3v) is 2.96. The molecule has 0 spiro atoms. The summed E-state index contributed by atoms with van der Waals surface area (Å²) in [6, 6.07) is 1.05. The lowest BCUT2D eigenvalue weighted by Gasteiger charge is -2.25. The summed E-state index contributed by atoms with van der Waals surface area (Å²) in [5, 5.41) is 6.70. The van der Waals surface area contributed by atoms with E-state index in [0.29, 0.717) is 12.1 Å². The van der Waals surface area contributed by atoms with Crippen molar-refractivity contribution in [2.24, 2.45) is 10.9 Å². The van der Waals surface area contributed by atoms with Crippen molar-refractivity contribution < 1.29 is 0 Å². The Morgan fingerprint density at radius 2 is 2.00 bits per heavy atom. The van der Waals surface area contributed by atoms with Gasteiger partial charge in [0.2, 0.25) is 0 Å². The minimum atomic E-state index is 0.421. The Kier molecular flexibility index (Phi) is 5.06. The summed E-state index contributed by atoms with van der Waals surface area (Å²) in [6.07, 6.45) is 2.75. The topological polar surface area (TPSA) is 39.7 Å². The molecule has 2 N–H and O–H groups in total.